The number of anilines is 1. The van der Waals surface area contributed by atoms with Crippen molar-refractivity contribution in [2.24, 2.45) is 0 Å². The summed E-state index contributed by atoms with van der Waals surface area (Å²) in [5.74, 6) is -3.45. The number of para-hydroxylation sites is 1. The van der Waals surface area contributed by atoms with Gasteiger partial charge in [-0.15, -0.1) is 0 Å². The molecule has 0 aliphatic carbocycles. The number of carbonyl (C=O) groups excluding carboxylic acids is 3. The molecule has 0 bridgehead atoms. The average molecular weight is 386 g/mol. The first kappa shape index (κ1) is 20.4. The van der Waals surface area contributed by atoms with Crippen LogP contribution in [0, 0.1) is 0 Å². The van der Waals surface area contributed by atoms with Gasteiger partial charge >= 0.3 is 17.9 Å². The number of allylic oxidation sites excluding steroid dienone is 2. The maximum absolute atomic E-state index is 12.5. The molecule has 0 radical (unpaired) electrons. The van der Waals surface area contributed by atoms with Gasteiger partial charge < -0.3 is 24.8 Å². The van der Waals surface area contributed by atoms with Gasteiger partial charge in [0.05, 0.1) is 31.0 Å². The second kappa shape index (κ2) is 9.17. The number of esters is 2. The molecule has 0 aromatic heterocycles. The Morgan fingerprint density at radius 2 is 1.71 bits per heavy atom. The van der Waals surface area contributed by atoms with Crippen molar-refractivity contribution in [1.82, 2.24) is 5.32 Å². The van der Waals surface area contributed by atoms with Gasteiger partial charge in [-0.25, -0.2) is 9.59 Å². The molecule has 1 aromatic rings. The topological polar surface area (TPSA) is 122 Å². The summed E-state index contributed by atoms with van der Waals surface area (Å²) < 4.78 is 9.55. The Balaban J connectivity index is 2.61. The van der Waals surface area contributed by atoms with Crippen LogP contribution in [0.15, 0.2) is 60.0 Å². The van der Waals surface area contributed by atoms with E-state index in [1.165, 1.54) is 36.4 Å². The van der Waals surface area contributed by atoms with Gasteiger partial charge in [-0.05, 0) is 24.3 Å². The quantitative estimate of drug-likeness (QED) is 0.694. The van der Waals surface area contributed by atoms with Crippen LogP contribution in [0.25, 0.3) is 0 Å². The van der Waals surface area contributed by atoms with Crippen molar-refractivity contribution in [3.63, 3.8) is 0 Å². The minimum atomic E-state index is -1.20. The molecule has 2 N–H and O–H groups in total. The summed E-state index contributed by atoms with van der Waals surface area (Å²) in [6.45, 7) is -0.572. The molecule has 0 atom stereocenters. The summed E-state index contributed by atoms with van der Waals surface area (Å²) in [5, 5.41) is 11.0. The second-order valence-electron chi connectivity index (χ2n) is 5.41. The third-order valence-corrected chi connectivity index (χ3v) is 3.70. The average Bonchev–Trinajstić information content (AvgIpc) is 2.93. The zero-order valence-corrected chi connectivity index (χ0v) is 15.2. The summed E-state index contributed by atoms with van der Waals surface area (Å²) in [4.78, 5) is 49.1. The van der Waals surface area contributed by atoms with E-state index in [2.05, 4.69) is 5.32 Å². The Hall–Kier alpha value is -3.88. The summed E-state index contributed by atoms with van der Waals surface area (Å²) in [5.41, 5.74) is 0.117. The fraction of sp³-hybridized carbons (Fsp3) is 0.158. The number of hydrogen-bond acceptors (Lipinski definition) is 7. The first-order valence-corrected chi connectivity index (χ1v) is 8.04. The SMILES string of the molecule is COC(=O)C1=C(C(=O)OC)N(c2ccccc2C(=O)NCC(=O)O)C=CC=C1. The maximum atomic E-state index is 12.5. The van der Waals surface area contributed by atoms with Gasteiger partial charge in [0.15, 0.2) is 0 Å². The monoisotopic (exact) mass is 386 g/mol. The number of rotatable bonds is 6. The molecule has 0 fully saturated rings. The number of amides is 1. The highest BCUT2D eigenvalue weighted by Gasteiger charge is 2.29. The van der Waals surface area contributed by atoms with E-state index >= 15 is 0 Å². The Bertz CT molecular complexity index is 899. The van der Waals surface area contributed by atoms with Gasteiger partial charge in [0.2, 0.25) is 0 Å². The molecule has 2 rings (SSSR count). The molecular formula is C19H18N2O7. The van der Waals surface area contributed by atoms with Crippen molar-refractivity contribution < 1.29 is 33.8 Å². The van der Waals surface area contributed by atoms with E-state index in [9.17, 15) is 19.2 Å². The van der Waals surface area contributed by atoms with Crippen LogP contribution in [-0.4, -0.2) is 49.7 Å². The van der Waals surface area contributed by atoms with Crippen LogP contribution in [0.2, 0.25) is 0 Å². The van der Waals surface area contributed by atoms with Gasteiger partial charge in [-0.1, -0.05) is 18.2 Å². The van der Waals surface area contributed by atoms with Gasteiger partial charge in [-0.3, -0.25) is 9.59 Å². The number of nitrogens with zero attached hydrogens (tertiary/aromatic N) is 1. The number of ether oxygens (including phenoxy) is 2. The standard InChI is InChI=1S/C19H18N2O7/c1-27-18(25)13-8-5-6-10-21(16(13)19(26)28-2)14-9-4-3-7-12(14)17(24)20-11-15(22)23/h3-10H,11H2,1-2H3,(H,20,24)(H,22,23). The van der Waals surface area contributed by atoms with Crippen molar-refractivity contribution in [2.45, 2.75) is 0 Å². The Labute approximate surface area is 160 Å². The summed E-state index contributed by atoms with van der Waals surface area (Å²) in [6.07, 6.45) is 5.96. The second-order valence-corrected chi connectivity index (χ2v) is 5.41. The molecule has 0 spiro atoms. The molecule has 28 heavy (non-hydrogen) atoms. The van der Waals surface area contributed by atoms with Gasteiger partial charge in [0, 0.05) is 6.20 Å². The zero-order valence-electron chi connectivity index (χ0n) is 15.2. The minimum Gasteiger partial charge on any atom is -0.480 e. The predicted octanol–water partition coefficient (Wildman–Crippen LogP) is 0.991. The van der Waals surface area contributed by atoms with Crippen LogP contribution in [0.3, 0.4) is 0 Å². The predicted molar refractivity (Wildman–Crippen MR) is 98.2 cm³/mol. The van der Waals surface area contributed by atoms with E-state index < -0.39 is 30.4 Å². The molecule has 146 valence electrons. The number of nitrogens with one attached hydrogen (secondary N) is 1. The van der Waals surface area contributed by atoms with Crippen LogP contribution >= 0.6 is 0 Å². The molecule has 1 aliphatic heterocycles. The van der Waals surface area contributed by atoms with E-state index in [1.54, 1.807) is 24.3 Å². The number of carboxylic acid groups (broad SMARTS) is 1. The van der Waals surface area contributed by atoms with E-state index in [4.69, 9.17) is 14.6 Å². The fourth-order valence-corrected chi connectivity index (χ4v) is 2.48. The molecule has 1 aliphatic rings. The van der Waals surface area contributed by atoms with E-state index in [1.807, 2.05) is 0 Å². The smallest absolute Gasteiger partial charge is 0.355 e. The third-order valence-electron chi connectivity index (χ3n) is 3.70. The van der Waals surface area contributed by atoms with Gasteiger partial charge in [0.25, 0.3) is 5.91 Å². The lowest BCUT2D eigenvalue weighted by atomic mass is 10.1. The molecular weight excluding hydrogens is 368 g/mol. The largest absolute Gasteiger partial charge is 0.480 e. The van der Waals surface area contributed by atoms with Crippen molar-refractivity contribution in [3.05, 3.63) is 65.5 Å². The summed E-state index contributed by atoms with van der Waals surface area (Å²) in [7, 11) is 2.33. The normalized spacial score (nSPS) is 13.0. The minimum absolute atomic E-state index is 0.0694. The van der Waals surface area contributed by atoms with Crippen molar-refractivity contribution in [1.29, 1.82) is 0 Å². The molecule has 9 heteroatoms. The highest BCUT2D eigenvalue weighted by atomic mass is 16.5. The molecule has 1 amide bonds. The number of aliphatic carboxylic acids is 1. The molecule has 0 saturated carbocycles. The van der Waals surface area contributed by atoms with E-state index in [0.717, 1.165) is 7.11 Å². The number of carbonyl (C=O) groups is 4. The number of methoxy groups -OCH3 is 2. The van der Waals surface area contributed by atoms with Crippen molar-refractivity contribution in [2.75, 3.05) is 25.7 Å². The van der Waals surface area contributed by atoms with Crippen LogP contribution in [0.1, 0.15) is 10.4 Å². The lowest BCUT2D eigenvalue weighted by Crippen LogP contribution is -2.32. The zero-order chi connectivity index (χ0) is 20.7. The van der Waals surface area contributed by atoms with Crippen molar-refractivity contribution >= 4 is 29.5 Å². The lowest BCUT2D eigenvalue weighted by Gasteiger charge is -2.25. The van der Waals surface area contributed by atoms with Gasteiger partial charge in [-0.2, -0.15) is 0 Å². The molecule has 0 unspecified atom stereocenters. The highest BCUT2D eigenvalue weighted by molar-refractivity contribution is 6.08. The fourth-order valence-electron chi connectivity index (χ4n) is 2.48. The summed E-state index contributed by atoms with van der Waals surface area (Å²) in [6, 6.07) is 6.22. The third kappa shape index (κ3) is 4.44. The Morgan fingerprint density at radius 1 is 1.04 bits per heavy atom. The lowest BCUT2D eigenvalue weighted by molar-refractivity contribution is -0.139. The van der Waals surface area contributed by atoms with Gasteiger partial charge in [0.1, 0.15) is 12.2 Å². The first-order chi connectivity index (χ1) is 13.4. The highest BCUT2D eigenvalue weighted by Crippen LogP contribution is 2.29. The molecule has 0 saturated heterocycles. The number of carboxylic acids is 1. The Kier molecular flexibility index (Phi) is 6.69. The number of hydrogen-bond donors (Lipinski definition) is 2. The van der Waals surface area contributed by atoms with Crippen LogP contribution in [-0.2, 0) is 23.9 Å². The molecule has 9 nitrogen and oxygen atoms in total. The first-order valence-electron chi connectivity index (χ1n) is 8.04. The molecule has 1 heterocycles. The Morgan fingerprint density at radius 3 is 2.36 bits per heavy atom. The van der Waals surface area contributed by atoms with Crippen LogP contribution in [0.4, 0.5) is 5.69 Å². The summed E-state index contributed by atoms with van der Waals surface area (Å²) >= 11 is 0. The van der Waals surface area contributed by atoms with Crippen LogP contribution in [0.5, 0.6) is 0 Å². The van der Waals surface area contributed by atoms with Crippen molar-refractivity contribution in [3.8, 4) is 0 Å². The van der Waals surface area contributed by atoms with E-state index in [0.29, 0.717) is 0 Å². The number of benzene rings is 1. The van der Waals surface area contributed by atoms with E-state index in [-0.39, 0.29) is 22.5 Å². The maximum Gasteiger partial charge on any atom is 0.355 e. The molecule has 1 aromatic carbocycles. The van der Waals surface area contributed by atoms with Crippen LogP contribution < -0.4 is 10.2 Å².